The Balaban J connectivity index is 2.07. The lowest BCUT2D eigenvalue weighted by Crippen LogP contribution is -2.55. The van der Waals surface area contributed by atoms with Gasteiger partial charge in [-0.15, -0.1) is 11.8 Å². The van der Waals surface area contributed by atoms with Gasteiger partial charge in [0.05, 0.1) is 13.3 Å². The van der Waals surface area contributed by atoms with Crippen LogP contribution in [0.2, 0.25) is 0 Å². The van der Waals surface area contributed by atoms with Crippen LogP contribution in [0.25, 0.3) is 0 Å². The Morgan fingerprint density at radius 1 is 1.60 bits per heavy atom. The summed E-state index contributed by atoms with van der Waals surface area (Å²) in [6, 6.07) is 0. The van der Waals surface area contributed by atoms with E-state index < -0.39 is 5.54 Å². The molecule has 0 saturated heterocycles. The molecular weight excluding hydrogens is 274 g/mol. The molecule has 1 saturated carbocycles. The second-order valence-corrected chi connectivity index (χ2v) is 6.30. The largest absolute Gasteiger partial charge is 0.468 e. The van der Waals surface area contributed by atoms with Crippen molar-refractivity contribution in [3.05, 3.63) is 18.6 Å². The minimum Gasteiger partial charge on any atom is -0.468 e. The topological polar surface area (TPSA) is 64.1 Å². The number of nitrogens with zero attached hydrogens (tertiary/aromatic N) is 2. The van der Waals surface area contributed by atoms with Crippen LogP contribution in [0.1, 0.15) is 32.6 Å². The van der Waals surface area contributed by atoms with E-state index in [1.54, 1.807) is 30.4 Å². The number of methoxy groups -OCH3 is 1. The molecule has 0 aromatic carbocycles. The minimum absolute atomic E-state index is 0.149. The monoisotopic (exact) mass is 295 g/mol. The summed E-state index contributed by atoms with van der Waals surface area (Å²) >= 11 is 1.70. The van der Waals surface area contributed by atoms with Crippen LogP contribution in [0, 0.1) is 0 Å². The predicted molar refractivity (Wildman–Crippen MR) is 78.6 cm³/mol. The molecule has 2 unspecified atom stereocenters. The van der Waals surface area contributed by atoms with Crippen LogP contribution in [0.4, 0.5) is 0 Å². The fourth-order valence-corrected chi connectivity index (χ4v) is 4.03. The van der Waals surface area contributed by atoms with E-state index in [2.05, 4.69) is 15.3 Å². The fraction of sp³-hybridized carbons (Fsp3) is 0.643. The highest BCUT2D eigenvalue weighted by Gasteiger charge is 2.43. The molecule has 0 spiro atoms. The van der Waals surface area contributed by atoms with Gasteiger partial charge in [0.2, 0.25) is 0 Å². The van der Waals surface area contributed by atoms with Gasteiger partial charge in [-0.2, -0.15) is 0 Å². The lowest BCUT2D eigenvalue weighted by Gasteiger charge is -2.38. The van der Waals surface area contributed by atoms with Crippen molar-refractivity contribution in [3.8, 4) is 0 Å². The molecule has 1 N–H and O–H groups in total. The molecule has 1 heterocycles. The van der Waals surface area contributed by atoms with E-state index in [4.69, 9.17) is 4.74 Å². The highest BCUT2D eigenvalue weighted by molar-refractivity contribution is 7.99. The molecule has 1 aromatic rings. The summed E-state index contributed by atoms with van der Waals surface area (Å²) in [7, 11) is 1.46. The van der Waals surface area contributed by atoms with Crippen LogP contribution >= 0.6 is 11.8 Å². The number of nitrogens with one attached hydrogen (secondary N) is 1. The molecule has 0 radical (unpaired) electrons. The van der Waals surface area contributed by atoms with Gasteiger partial charge in [-0.1, -0.05) is 6.92 Å². The first-order chi connectivity index (χ1) is 9.70. The third-order valence-electron chi connectivity index (χ3n) is 3.62. The number of esters is 1. The Kier molecular flexibility index (Phi) is 5.37. The van der Waals surface area contributed by atoms with Crippen LogP contribution in [0.15, 0.2) is 23.6 Å². The van der Waals surface area contributed by atoms with Gasteiger partial charge in [0.1, 0.15) is 10.6 Å². The molecule has 2 rings (SSSR count). The highest BCUT2D eigenvalue weighted by atomic mass is 32.2. The summed E-state index contributed by atoms with van der Waals surface area (Å²) < 4.78 is 5.01. The average Bonchev–Trinajstić information content (AvgIpc) is 2.48. The van der Waals surface area contributed by atoms with Crippen LogP contribution < -0.4 is 5.32 Å². The maximum absolute atomic E-state index is 12.2. The Hall–Kier alpha value is -1.14. The molecule has 110 valence electrons. The summed E-state index contributed by atoms with van der Waals surface area (Å²) in [5.74, 6) is -0.149. The van der Waals surface area contributed by atoms with Crippen molar-refractivity contribution in [2.45, 2.75) is 48.4 Å². The maximum Gasteiger partial charge on any atom is 0.326 e. The molecule has 6 heteroatoms. The second-order valence-electron chi connectivity index (χ2n) is 4.98. The average molecular weight is 295 g/mol. The summed E-state index contributed by atoms with van der Waals surface area (Å²) in [5, 5.41) is 4.61. The molecule has 1 aliphatic rings. The summed E-state index contributed by atoms with van der Waals surface area (Å²) in [6.07, 6.45) is 8.85. The minimum atomic E-state index is -0.540. The molecular formula is C14H21N3O2S. The number of hydrogen-bond acceptors (Lipinski definition) is 6. The molecule has 2 atom stereocenters. The Labute approximate surface area is 123 Å². The highest BCUT2D eigenvalue weighted by Crippen LogP contribution is 2.38. The Morgan fingerprint density at radius 2 is 2.45 bits per heavy atom. The first-order valence-corrected chi connectivity index (χ1v) is 7.84. The van der Waals surface area contributed by atoms with E-state index in [0.717, 1.165) is 37.3 Å². The summed E-state index contributed by atoms with van der Waals surface area (Å²) in [6.45, 7) is 2.78. The van der Waals surface area contributed by atoms with Crippen molar-refractivity contribution in [1.82, 2.24) is 15.3 Å². The molecule has 5 nitrogen and oxygen atoms in total. The number of carbonyl (C=O) groups is 1. The third kappa shape index (κ3) is 3.49. The SMILES string of the molecule is CCNC1(C(=O)OC)CCCC(Sc2cnccn2)C1. The number of likely N-dealkylation sites (N-methyl/N-ethyl adjacent to an activating group) is 1. The first kappa shape index (κ1) is 15.3. The van der Waals surface area contributed by atoms with Crippen LogP contribution in [-0.4, -0.2) is 40.4 Å². The van der Waals surface area contributed by atoms with Crippen molar-refractivity contribution < 1.29 is 9.53 Å². The zero-order valence-corrected chi connectivity index (χ0v) is 12.8. The van der Waals surface area contributed by atoms with Gasteiger partial charge >= 0.3 is 5.97 Å². The number of ether oxygens (including phenoxy) is 1. The lowest BCUT2D eigenvalue weighted by atomic mass is 9.81. The van der Waals surface area contributed by atoms with Crippen molar-refractivity contribution >= 4 is 17.7 Å². The lowest BCUT2D eigenvalue weighted by molar-refractivity contribution is -0.150. The number of rotatable bonds is 5. The number of carbonyl (C=O) groups excluding carboxylic acids is 1. The first-order valence-electron chi connectivity index (χ1n) is 6.96. The van der Waals surface area contributed by atoms with Crippen molar-refractivity contribution in [2.75, 3.05) is 13.7 Å². The predicted octanol–water partition coefficient (Wildman–Crippen LogP) is 2.03. The Bertz CT molecular complexity index is 439. The number of aromatic nitrogens is 2. The zero-order chi connectivity index (χ0) is 14.4. The number of hydrogen-bond donors (Lipinski definition) is 1. The van der Waals surface area contributed by atoms with E-state index in [1.165, 1.54) is 7.11 Å². The molecule has 20 heavy (non-hydrogen) atoms. The van der Waals surface area contributed by atoms with Gasteiger partial charge in [0.15, 0.2) is 0 Å². The van der Waals surface area contributed by atoms with E-state index in [9.17, 15) is 4.79 Å². The standard InChI is InChI=1S/C14H21N3O2S/c1-3-17-14(13(18)19-2)6-4-5-11(9-14)20-12-10-15-7-8-16-12/h7-8,10-11,17H,3-6,9H2,1-2H3. The van der Waals surface area contributed by atoms with Crippen molar-refractivity contribution in [3.63, 3.8) is 0 Å². The van der Waals surface area contributed by atoms with Gasteiger partial charge in [-0.3, -0.25) is 9.78 Å². The van der Waals surface area contributed by atoms with Crippen LogP contribution in [-0.2, 0) is 9.53 Å². The van der Waals surface area contributed by atoms with Crippen LogP contribution in [0.3, 0.4) is 0 Å². The second kappa shape index (κ2) is 7.04. The van der Waals surface area contributed by atoms with Gasteiger partial charge in [-0.25, -0.2) is 4.98 Å². The normalized spacial score (nSPS) is 26.2. The molecule has 1 aliphatic carbocycles. The third-order valence-corrected chi connectivity index (χ3v) is 4.81. The van der Waals surface area contributed by atoms with Crippen molar-refractivity contribution in [2.24, 2.45) is 0 Å². The summed E-state index contributed by atoms with van der Waals surface area (Å²) in [5.41, 5.74) is -0.540. The fourth-order valence-electron chi connectivity index (χ4n) is 2.79. The van der Waals surface area contributed by atoms with Gasteiger partial charge < -0.3 is 10.1 Å². The van der Waals surface area contributed by atoms with Gasteiger partial charge in [0.25, 0.3) is 0 Å². The van der Waals surface area contributed by atoms with Crippen molar-refractivity contribution in [1.29, 1.82) is 0 Å². The van der Waals surface area contributed by atoms with E-state index >= 15 is 0 Å². The quantitative estimate of drug-likeness (QED) is 0.839. The van der Waals surface area contributed by atoms with E-state index in [-0.39, 0.29) is 5.97 Å². The summed E-state index contributed by atoms with van der Waals surface area (Å²) in [4.78, 5) is 20.5. The maximum atomic E-state index is 12.2. The van der Waals surface area contributed by atoms with Gasteiger partial charge in [0, 0.05) is 17.6 Å². The van der Waals surface area contributed by atoms with E-state index in [0.29, 0.717) is 5.25 Å². The van der Waals surface area contributed by atoms with Gasteiger partial charge in [-0.05, 0) is 32.2 Å². The molecule has 0 bridgehead atoms. The molecule has 1 aromatic heterocycles. The number of thioether (sulfide) groups is 1. The smallest absolute Gasteiger partial charge is 0.326 e. The molecule has 0 aliphatic heterocycles. The zero-order valence-electron chi connectivity index (χ0n) is 12.0. The molecule has 1 fully saturated rings. The van der Waals surface area contributed by atoms with Crippen LogP contribution in [0.5, 0.6) is 0 Å². The molecule has 0 amide bonds. The Morgan fingerprint density at radius 3 is 3.10 bits per heavy atom. The van der Waals surface area contributed by atoms with E-state index in [1.807, 2.05) is 6.92 Å².